The fourth-order valence-corrected chi connectivity index (χ4v) is 0.962. The molecule has 0 saturated heterocycles. The van der Waals surface area contributed by atoms with Crippen LogP contribution in [0, 0.1) is 11.3 Å². The lowest BCUT2D eigenvalue weighted by atomic mass is 10.6. The number of nitrogens with zero attached hydrogens (tertiary/aromatic N) is 2. The summed E-state index contributed by atoms with van der Waals surface area (Å²) in [6.07, 6.45) is 3.48. The Kier molecular flexibility index (Phi) is 3.98. The standard InChI is InChI=1S/C6H10N2S/c1-8(2)6(9-3)4-5-7/h4H,1-3H3. The van der Waals surface area contributed by atoms with Crippen LogP contribution in [0.25, 0.3) is 0 Å². The van der Waals surface area contributed by atoms with Gasteiger partial charge in [-0.25, -0.2) is 0 Å². The molecule has 2 nitrogen and oxygen atoms in total. The summed E-state index contributed by atoms with van der Waals surface area (Å²) in [6, 6.07) is 1.98. The minimum absolute atomic E-state index is 0.984. The second kappa shape index (κ2) is 4.28. The van der Waals surface area contributed by atoms with Crippen molar-refractivity contribution in [2.75, 3.05) is 20.4 Å². The van der Waals surface area contributed by atoms with Gasteiger partial charge < -0.3 is 4.90 Å². The van der Waals surface area contributed by atoms with Crippen molar-refractivity contribution >= 4 is 11.8 Å². The molecular weight excluding hydrogens is 132 g/mol. The van der Waals surface area contributed by atoms with Gasteiger partial charge in [-0.1, -0.05) is 0 Å². The Balaban J connectivity index is 4.02. The van der Waals surface area contributed by atoms with E-state index in [1.165, 1.54) is 6.08 Å². The first-order chi connectivity index (χ1) is 4.22. The van der Waals surface area contributed by atoms with Gasteiger partial charge in [0.15, 0.2) is 0 Å². The Hall–Kier alpha value is -0.620. The Labute approximate surface area is 60.1 Å². The molecule has 0 amide bonds. The van der Waals surface area contributed by atoms with Crippen LogP contribution < -0.4 is 0 Å². The van der Waals surface area contributed by atoms with E-state index in [1.807, 2.05) is 31.3 Å². The maximum absolute atomic E-state index is 8.25. The van der Waals surface area contributed by atoms with E-state index in [0.717, 1.165) is 5.03 Å². The fraction of sp³-hybridized carbons (Fsp3) is 0.500. The topological polar surface area (TPSA) is 27.0 Å². The van der Waals surface area contributed by atoms with Crippen LogP contribution in [-0.2, 0) is 0 Å². The van der Waals surface area contributed by atoms with E-state index in [-0.39, 0.29) is 0 Å². The zero-order valence-corrected chi connectivity index (χ0v) is 6.70. The predicted molar refractivity (Wildman–Crippen MR) is 40.9 cm³/mol. The molecule has 0 aliphatic rings. The van der Waals surface area contributed by atoms with Crippen LogP contribution in [0.5, 0.6) is 0 Å². The molecule has 0 heterocycles. The second-order valence-electron chi connectivity index (χ2n) is 1.71. The highest BCUT2D eigenvalue weighted by molar-refractivity contribution is 8.02. The van der Waals surface area contributed by atoms with Gasteiger partial charge in [0.2, 0.25) is 0 Å². The third kappa shape index (κ3) is 3.04. The van der Waals surface area contributed by atoms with Crippen molar-refractivity contribution in [3.63, 3.8) is 0 Å². The van der Waals surface area contributed by atoms with E-state index < -0.39 is 0 Å². The van der Waals surface area contributed by atoms with E-state index in [1.54, 1.807) is 11.8 Å². The quantitative estimate of drug-likeness (QED) is 0.543. The highest BCUT2D eigenvalue weighted by atomic mass is 32.2. The van der Waals surface area contributed by atoms with Crippen LogP contribution in [0.15, 0.2) is 11.1 Å². The molecular formula is C6H10N2S. The highest BCUT2D eigenvalue weighted by Gasteiger charge is 1.93. The molecule has 9 heavy (non-hydrogen) atoms. The lowest BCUT2D eigenvalue weighted by Crippen LogP contribution is -2.07. The molecule has 0 aliphatic heterocycles. The number of nitriles is 1. The van der Waals surface area contributed by atoms with E-state index in [9.17, 15) is 0 Å². The van der Waals surface area contributed by atoms with Crippen LogP contribution in [-0.4, -0.2) is 25.3 Å². The number of hydrogen-bond donors (Lipinski definition) is 0. The zero-order chi connectivity index (χ0) is 7.28. The molecule has 0 unspecified atom stereocenters. The van der Waals surface area contributed by atoms with E-state index in [2.05, 4.69) is 0 Å². The van der Waals surface area contributed by atoms with Gasteiger partial charge in [0.25, 0.3) is 0 Å². The highest BCUT2D eigenvalue weighted by Crippen LogP contribution is 2.11. The van der Waals surface area contributed by atoms with E-state index >= 15 is 0 Å². The van der Waals surface area contributed by atoms with Crippen molar-refractivity contribution in [3.05, 3.63) is 11.1 Å². The van der Waals surface area contributed by atoms with Crippen LogP contribution in [0.1, 0.15) is 0 Å². The van der Waals surface area contributed by atoms with Gasteiger partial charge in [0.1, 0.15) is 0 Å². The van der Waals surface area contributed by atoms with Gasteiger partial charge in [-0.2, -0.15) is 5.26 Å². The van der Waals surface area contributed by atoms with Gasteiger partial charge in [0, 0.05) is 20.2 Å². The largest absolute Gasteiger partial charge is 0.372 e. The molecule has 0 atom stereocenters. The number of allylic oxidation sites excluding steroid dienone is 1. The lowest BCUT2D eigenvalue weighted by Gasteiger charge is -2.12. The van der Waals surface area contributed by atoms with Gasteiger partial charge in [0.05, 0.1) is 11.1 Å². The first-order valence-electron chi connectivity index (χ1n) is 2.53. The average Bonchev–Trinajstić information content (AvgIpc) is 1.82. The first-order valence-corrected chi connectivity index (χ1v) is 3.76. The van der Waals surface area contributed by atoms with Crippen molar-refractivity contribution in [2.45, 2.75) is 0 Å². The fourth-order valence-electron chi connectivity index (χ4n) is 0.426. The van der Waals surface area contributed by atoms with Crippen LogP contribution in [0.2, 0.25) is 0 Å². The summed E-state index contributed by atoms with van der Waals surface area (Å²) >= 11 is 1.57. The number of rotatable bonds is 2. The molecule has 0 aromatic carbocycles. The summed E-state index contributed by atoms with van der Waals surface area (Å²) in [5.74, 6) is 0. The Morgan fingerprint density at radius 2 is 2.22 bits per heavy atom. The molecule has 0 N–H and O–H groups in total. The summed E-state index contributed by atoms with van der Waals surface area (Å²) in [7, 11) is 3.83. The third-order valence-electron chi connectivity index (χ3n) is 0.838. The minimum atomic E-state index is 0.984. The van der Waals surface area contributed by atoms with E-state index in [0.29, 0.717) is 0 Å². The van der Waals surface area contributed by atoms with Crippen molar-refractivity contribution in [3.8, 4) is 6.07 Å². The lowest BCUT2D eigenvalue weighted by molar-refractivity contribution is 0.551. The Bertz CT molecular complexity index is 144. The first kappa shape index (κ1) is 8.38. The maximum atomic E-state index is 8.25. The molecule has 0 spiro atoms. The molecule has 3 heteroatoms. The zero-order valence-electron chi connectivity index (χ0n) is 5.88. The van der Waals surface area contributed by atoms with Gasteiger partial charge in [-0.05, 0) is 6.26 Å². The summed E-state index contributed by atoms with van der Waals surface area (Å²) in [6.45, 7) is 0. The molecule has 0 aliphatic carbocycles. The molecule has 50 valence electrons. The maximum Gasteiger partial charge on any atom is 0.0939 e. The van der Waals surface area contributed by atoms with Crippen molar-refractivity contribution < 1.29 is 0 Å². The summed E-state index contributed by atoms with van der Waals surface area (Å²) in [5, 5.41) is 9.23. The molecule has 0 radical (unpaired) electrons. The summed E-state index contributed by atoms with van der Waals surface area (Å²) in [4.78, 5) is 1.91. The summed E-state index contributed by atoms with van der Waals surface area (Å²) in [5.41, 5.74) is 0. The van der Waals surface area contributed by atoms with Gasteiger partial charge in [-0.15, -0.1) is 11.8 Å². The number of hydrogen-bond acceptors (Lipinski definition) is 3. The summed E-state index contributed by atoms with van der Waals surface area (Å²) < 4.78 is 0. The Morgan fingerprint density at radius 3 is 2.33 bits per heavy atom. The molecule has 0 bridgehead atoms. The molecule has 0 fully saturated rings. The van der Waals surface area contributed by atoms with Crippen LogP contribution in [0.4, 0.5) is 0 Å². The molecule has 0 saturated carbocycles. The third-order valence-corrected chi connectivity index (χ3v) is 1.74. The molecule has 0 rings (SSSR count). The monoisotopic (exact) mass is 142 g/mol. The van der Waals surface area contributed by atoms with Gasteiger partial charge in [-0.3, -0.25) is 0 Å². The van der Waals surface area contributed by atoms with Crippen LogP contribution >= 0.6 is 11.8 Å². The normalized spacial score (nSPS) is 10.7. The predicted octanol–water partition coefficient (Wildman–Crippen LogP) is 1.28. The second-order valence-corrected chi connectivity index (χ2v) is 2.54. The smallest absolute Gasteiger partial charge is 0.0939 e. The van der Waals surface area contributed by atoms with Crippen molar-refractivity contribution in [2.24, 2.45) is 0 Å². The average molecular weight is 142 g/mol. The van der Waals surface area contributed by atoms with Crippen molar-refractivity contribution in [1.82, 2.24) is 4.90 Å². The van der Waals surface area contributed by atoms with Gasteiger partial charge >= 0.3 is 0 Å². The molecule has 0 aromatic heterocycles. The number of thioether (sulfide) groups is 1. The molecule has 0 aromatic rings. The van der Waals surface area contributed by atoms with E-state index in [4.69, 9.17) is 5.26 Å². The van der Waals surface area contributed by atoms with Crippen LogP contribution in [0.3, 0.4) is 0 Å². The van der Waals surface area contributed by atoms with Crippen molar-refractivity contribution in [1.29, 1.82) is 5.26 Å². The minimum Gasteiger partial charge on any atom is -0.372 e. The Morgan fingerprint density at radius 1 is 1.67 bits per heavy atom. The SMILES string of the molecule is CSC(=CC#N)N(C)C.